The summed E-state index contributed by atoms with van der Waals surface area (Å²) in [5, 5.41) is 9.06. The molecule has 0 fully saturated rings. The predicted molar refractivity (Wildman–Crippen MR) is 61.1 cm³/mol. The van der Waals surface area contributed by atoms with Crippen LogP contribution in [-0.4, -0.2) is 18.3 Å². The van der Waals surface area contributed by atoms with Crippen LogP contribution in [0.15, 0.2) is 24.3 Å². The molecule has 0 aliphatic heterocycles. The molecule has 0 radical (unpaired) electrons. The van der Waals surface area contributed by atoms with Crippen molar-refractivity contribution in [2.24, 2.45) is 5.73 Å². The summed E-state index contributed by atoms with van der Waals surface area (Å²) in [4.78, 5) is 0. The summed E-state index contributed by atoms with van der Waals surface area (Å²) in [6.45, 7) is 1.51. The summed E-state index contributed by atoms with van der Waals surface area (Å²) < 4.78 is 5.50. The van der Waals surface area contributed by atoms with Crippen molar-refractivity contribution in [3.05, 3.63) is 24.3 Å². The molecule has 0 amide bonds. The van der Waals surface area contributed by atoms with Crippen LogP contribution in [0.3, 0.4) is 0 Å². The topological polar surface area (TPSA) is 55.5 Å². The number of phenols is 1. The van der Waals surface area contributed by atoms with Gasteiger partial charge in [0.05, 0.1) is 6.61 Å². The lowest BCUT2D eigenvalue weighted by molar-refractivity contribution is 0.304. The summed E-state index contributed by atoms with van der Waals surface area (Å²) >= 11 is 0. The first-order valence-corrected chi connectivity index (χ1v) is 5.45. The van der Waals surface area contributed by atoms with Crippen LogP contribution >= 0.6 is 0 Å². The maximum absolute atomic E-state index is 9.06. The smallest absolute Gasteiger partial charge is 0.119 e. The number of hydrogen-bond donors (Lipinski definition) is 2. The Kier molecular flexibility index (Phi) is 5.63. The minimum atomic E-state index is 0.269. The molecule has 3 N–H and O–H groups in total. The molecule has 0 aliphatic carbocycles. The fourth-order valence-corrected chi connectivity index (χ4v) is 1.33. The van der Waals surface area contributed by atoms with Gasteiger partial charge in [0, 0.05) is 0 Å². The van der Waals surface area contributed by atoms with E-state index in [1.54, 1.807) is 24.3 Å². The summed E-state index contributed by atoms with van der Waals surface area (Å²) in [5.41, 5.74) is 5.39. The first-order valence-electron chi connectivity index (χ1n) is 5.45. The van der Waals surface area contributed by atoms with Crippen molar-refractivity contribution in [1.82, 2.24) is 0 Å². The highest BCUT2D eigenvalue weighted by Crippen LogP contribution is 2.16. The number of nitrogens with two attached hydrogens (primary N) is 1. The monoisotopic (exact) mass is 209 g/mol. The zero-order valence-electron chi connectivity index (χ0n) is 8.98. The van der Waals surface area contributed by atoms with Crippen LogP contribution in [0.4, 0.5) is 0 Å². The molecule has 3 heteroatoms. The third-order valence-electron chi connectivity index (χ3n) is 2.20. The van der Waals surface area contributed by atoms with Gasteiger partial charge in [0.2, 0.25) is 0 Å². The van der Waals surface area contributed by atoms with Gasteiger partial charge in [-0.25, -0.2) is 0 Å². The second-order valence-electron chi connectivity index (χ2n) is 3.55. The van der Waals surface area contributed by atoms with E-state index in [1.807, 2.05) is 0 Å². The van der Waals surface area contributed by atoms with Gasteiger partial charge in [0.1, 0.15) is 11.5 Å². The minimum absolute atomic E-state index is 0.269. The van der Waals surface area contributed by atoms with Gasteiger partial charge >= 0.3 is 0 Å². The molecule has 84 valence electrons. The molecule has 0 unspecified atom stereocenters. The Hall–Kier alpha value is -1.22. The van der Waals surface area contributed by atoms with Gasteiger partial charge in [-0.3, -0.25) is 0 Å². The first kappa shape index (κ1) is 11.9. The molecule has 0 saturated heterocycles. The molecule has 0 atom stereocenters. The number of ether oxygens (including phenoxy) is 1. The third-order valence-corrected chi connectivity index (χ3v) is 2.20. The molecule has 0 bridgehead atoms. The van der Waals surface area contributed by atoms with E-state index < -0.39 is 0 Å². The molecule has 0 spiro atoms. The standard InChI is InChI=1S/C12H19NO2/c13-9-3-1-2-4-10-15-12-7-5-11(14)6-8-12/h5-8,14H,1-4,9-10,13H2. The quantitative estimate of drug-likeness (QED) is 0.677. The maximum Gasteiger partial charge on any atom is 0.119 e. The van der Waals surface area contributed by atoms with E-state index >= 15 is 0 Å². The minimum Gasteiger partial charge on any atom is -0.508 e. The molecule has 1 rings (SSSR count). The van der Waals surface area contributed by atoms with Crippen molar-refractivity contribution < 1.29 is 9.84 Å². The summed E-state index contributed by atoms with van der Waals surface area (Å²) in [5.74, 6) is 1.08. The summed E-state index contributed by atoms with van der Waals surface area (Å²) in [6.07, 6.45) is 4.49. The fraction of sp³-hybridized carbons (Fsp3) is 0.500. The average molecular weight is 209 g/mol. The Labute approximate surface area is 90.9 Å². The highest BCUT2D eigenvalue weighted by Gasteiger charge is 1.94. The largest absolute Gasteiger partial charge is 0.508 e. The Balaban J connectivity index is 2.07. The van der Waals surface area contributed by atoms with Gasteiger partial charge < -0.3 is 15.6 Å². The van der Waals surface area contributed by atoms with Crippen molar-refractivity contribution in [3.63, 3.8) is 0 Å². The lowest BCUT2D eigenvalue weighted by Crippen LogP contribution is -2.00. The number of rotatable bonds is 7. The van der Waals surface area contributed by atoms with E-state index in [4.69, 9.17) is 15.6 Å². The Morgan fingerprint density at radius 1 is 1.00 bits per heavy atom. The van der Waals surface area contributed by atoms with Crippen LogP contribution in [0.2, 0.25) is 0 Å². The highest BCUT2D eigenvalue weighted by molar-refractivity contribution is 5.29. The van der Waals surface area contributed by atoms with Crippen molar-refractivity contribution in [2.75, 3.05) is 13.2 Å². The van der Waals surface area contributed by atoms with E-state index in [0.717, 1.165) is 38.2 Å². The van der Waals surface area contributed by atoms with E-state index in [0.29, 0.717) is 0 Å². The highest BCUT2D eigenvalue weighted by atomic mass is 16.5. The second-order valence-corrected chi connectivity index (χ2v) is 3.55. The number of phenolic OH excluding ortho intramolecular Hbond substituents is 1. The molecule has 0 aromatic heterocycles. The number of hydrogen-bond acceptors (Lipinski definition) is 3. The molecule has 15 heavy (non-hydrogen) atoms. The molecule has 0 saturated carbocycles. The van der Waals surface area contributed by atoms with Gasteiger partial charge in [-0.1, -0.05) is 12.8 Å². The van der Waals surface area contributed by atoms with Gasteiger partial charge in [-0.2, -0.15) is 0 Å². The van der Waals surface area contributed by atoms with E-state index in [9.17, 15) is 0 Å². The van der Waals surface area contributed by atoms with E-state index in [2.05, 4.69) is 0 Å². The Bertz CT molecular complexity index is 259. The number of benzene rings is 1. The lowest BCUT2D eigenvalue weighted by Gasteiger charge is -2.05. The third kappa shape index (κ3) is 5.27. The molecule has 3 nitrogen and oxygen atoms in total. The van der Waals surface area contributed by atoms with Crippen LogP contribution in [0.5, 0.6) is 11.5 Å². The van der Waals surface area contributed by atoms with Crippen LogP contribution < -0.4 is 10.5 Å². The number of aromatic hydroxyl groups is 1. The lowest BCUT2D eigenvalue weighted by atomic mass is 10.2. The SMILES string of the molecule is NCCCCCCOc1ccc(O)cc1. The van der Waals surface area contributed by atoms with Gasteiger partial charge in [0.25, 0.3) is 0 Å². The maximum atomic E-state index is 9.06. The van der Waals surface area contributed by atoms with Gasteiger partial charge in [0.15, 0.2) is 0 Å². The van der Waals surface area contributed by atoms with Crippen molar-refractivity contribution in [3.8, 4) is 11.5 Å². The fourth-order valence-electron chi connectivity index (χ4n) is 1.33. The van der Waals surface area contributed by atoms with E-state index in [-0.39, 0.29) is 5.75 Å². The molecule has 0 aliphatic rings. The Morgan fingerprint density at radius 2 is 1.67 bits per heavy atom. The van der Waals surface area contributed by atoms with Crippen LogP contribution in [-0.2, 0) is 0 Å². The van der Waals surface area contributed by atoms with Gasteiger partial charge in [-0.05, 0) is 43.7 Å². The van der Waals surface area contributed by atoms with Crippen LogP contribution in [0.25, 0.3) is 0 Å². The summed E-state index contributed by atoms with van der Waals surface area (Å²) in [7, 11) is 0. The van der Waals surface area contributed by atoms with Crippen molar-refractivity contribution >= 4 is 0 Å². The second kappa shape index (κ2) is 7.12. The average Bonchev–Trinajstić information content (AvgIpc) is 2.26. The van der Waals surface area contributed by atoms with Crippen molar-refractivity contribution in [2.45, 2.75) is 25.7 Å². The zero-order chi connectivity index (χ0) is 10.9. The molecular weight excluding hydrogens is 190 g/mol. The van der Waals surface area contributed by atoms with Crippen LogP contribution in [0, 0.1) is 0 Å². The normalized spacial score (nSPS) is 10.2. The Morgan fingerprint density at radius 3 is 2.33 bits per heavy atom. The zero-order valence-corrected chi connectivity index (χ0v) is 8.98. The van der Waals surface area contributed by atoms with Crippen molar-refractivity contribution in [1.29, 1.82) is 0 Å². The predicted octanol–water partition coefficient (Wildman–Crippen LogP) is 2.29. The van der Waals surface area contributed by atoms with E-state index in [1.165, 1.54) is 6.42 Å². The molecule has 0 heterocycles. The molecular formula is C12H19NO2. The van der Waals surface area contributed by atoms with Gasteiger partial charge in [-0.15, -0.1) is 0 Å². The molecule has 1 aromatic rings. The first-order chi connectivity index (χ1) is 7.33. The molecule has 1 aromatic carbocycles. The number of unbranched alkanes of at least 4 members (excludes halogenated alkanes) is 3. The summed E-state index contributed by atoms with van der Waals surface area (Å²) in [6, 6.07) is 6.80. The van der Waals surface area contributed by atoms with Crippen LogP contribution in [0.1, 0.15) is 25.7 Å².